The van der Waals surface area contributed by atoms with Crippen LogP contribution in [-0.2, 0) is 0 Å². The largest absolute Gasteiger partial charge is 0.366 e. The van der Waals surface area contributed by atoms with Crippen LogP contribution in [0.4, 0.5) is 5.95 Å². The van der Waals surface area contributed by atoms with Gasteiger partial charge in [-0.1, -0.05) is 0 Å². The van der Waals surface area contributed by atoms with Crippen LogP contribution in [0.25, 0.3) is 5.82 Å². The summed E-state index contributed by atoms with van der Waals surface area (Å²) in [7, 11) is 0. The van der Waals surface area contributed by atoms with Crippen LogP contribution in [-0.4, -0.2) is 25.7 Å². The standard InChI is InChI=1S/C9H9BrN6O/c1-4-2-3-13-7(5(4)6(11)17)16-8(10)14-9(12)15-16/h2-3H,1H3,(H2,11,17)(H2,12,15). The summed E-state index contributed by atoms with van der Waals surface area (Å²) in [6, 6.07) is 1.69. The van der Waals surface area contributed by atoms with Crippen molar-refractivity contribution in [1.82, 2.24) is 19.7 Å². The minimum atomic E-state index is -0.577. The van der Waals surface area contributed by atoms with Gasteiger partial charge in [-0.15, -0.1) is 5.10 Å². The molecule has 0 unspecified atom stereocenters. The molecule has 8 heteroatoms. The Morgan fingerprint density at radius 2 is 2.24 bits per heavy atom. The van der Waals surface area contributed by atoms with Gasteiger partial charge >= 0.3 is 0 Å². The number of pyridine rings is 1. The van der Waals surface area contributed by atoms with Gasteiger partial charge in [-0.25, -0.2) is 4.98 Å². The van der Waals surface area contributed by atoms with E-state index in [1.165, 1.54) is 4.68 Å². The van der Waals surface area contributed by atoms with E-state index in [1.54, 1.807) is 19.2 Å². The maximum atomic E-state index is 11.4. The zero-order chi connectivity index (χ0) is 12.6. The molecule has 2 aromatic rings. The number of amides is 1. The normalized spacial score (nSPS) is 10.5. The van der Waals surface area contributed by atoms with E-state index in [1.807, 2.05) is 0 Å². The predicted octanol–water partition coefficient (Wildman–Crippen LogP) is 0.414. The average Bonchev–Trinajstić information content (AvgIpc) is 2.56. The molecular weight excluding hydrogens is 288 g/mol. The number of nitrogen functional groups attached to an aromatic ring is 1. The summed E-state index contributed by atoms with van der Waals surface area (Å²) >= 11 is 3.18. The highest BCUT2D eigenvalue weighted by Gasteiger charge is 2.17. The average molecular weight is 297 g/mol. The molecule has 0 saturated carbocycles. The SMILES string of the molecule is Cc1ccnc(-n2nc(N)nc2Br)c1C(N)=O. The molecule has 0 atom stereocenters. The van der Waals surface area contributed by atoms with Crippen LogP contribution in [0, 0.1) is 6.92 Å². The monoisotopic (exact) mass is 296 g/mol. The van der Waals surface area contributed by atoms with Crippen LogP contribution in [0.2, 0.25) is 0 Å². The lowest BCUT2D eigenvalue weighted by Crippen LogP contribution is -2.18. The van der Waals surface area contributed by atoms with Crippen molar-refractivity contribution in [2.75, 3.05) is 5.73 Å². The number of hydrogen-bond acceptors (Lipinski definition) is 5. The third-order valence-corrected chi connectivity index (χ3v) is 2.68. The quantitative estimate of drug-likeness (QED) is 0.833. The fourth-order valence-corrected chi connectivity index (χ4v) is 1.88. The van der Waals surface area contributed by atoms with Crippen LogP contribution in [0.15, 0.2) is 17.0 Å². The van der Waals surface area contributed by atoms with E-state index in [4.69, 9.17) is 11.5 Å². The number of nitrogens with two attached hydrogens (primary N) is 2. The molecule has 2 aromatic heterocycles. The minimum Gasteiger partial charge on any atom is -0.366 e. The summed E-state index contributed by atoms with van der Waals surface area (Å²) in [6.45, 7) is 1.76. The van der Waals surface area contributed by atoms with Crippen molar-refractivity contribution >= 4 is 27.8 Å². The van der Waals surface area contributed by atoms with E-state index in [0.29, 0.717) is 16.1 Å². The smallest absolute Gasteiger partial charge is 0.252 e. The fraction of sp³-hybridized carbons (Fsp3) is 0.111. The Bertz CT molecular complexity index is 593. The second-order valence-electron chi connectivity index (χ2n) is 3.34. The molecule has 0 radical (unpaired) electrons. The van der Waals surface area contributed by atoms with E-state index >= 15 is 0 Å². The zero-order valence-corrected chi connectivity index (χ0v) is 10.5. The van der Waals surface area contributed by atoms with Gasteiger partial charge in [-0.2, -0.15) is 9.67 Å². The molecule has 2 rings (SSSR count). The van der Waals surface area contributed by atoms with Crippen LogP contribution >= 0.6 is 15.9 Å². The number of halogens is 1. The molecule has 0 aromatic carbocycles. The summed E-state index contributed by atoms with van der Waals surface area (Å²) < 4.78 is 1.68. The highest BCUT2D eigenvalue weighted by atomic mass is 79.9. The Hall–Kier alpha value is -1.96. The zero-order valence-electron chi connectivity index (χ0n) is 8.88. The number of aryl methyl sites for hydroxylation is 1. The molecule has 2 heterocycles. The molecule has 0 aliphatic carbocycles. The van der Waals surface area contributed by atoms with Crippen LogP contribution in [0.5, 0.6) is 0 Å². The molecule has 0 saturated heterocycles. The Morgan fingerprint density at radius 1 is 1.53 bits per heavy atom. The Labute approximate surface area is 105 Å². The van der Waals surface area contributed by atoms with Gasteiger partial charge in [-0.05, 0) is 34.5 Å². The van der Waals surface area contributed by atoms with Crippen molar-refractivity contribution in [2.24, 2.45) is 5.73 Å². The van der Waals surface area contributed by atoms with Gasteiger partial charge in [-0.3, -0.25) is 4.79 Å². The summed E-state index contributed by atoms with van der Waals surface area (Å²) in [4.78, 5) is 19.4. The van der Waals surface area contributed by atoms with Gasteiger partial charge in [0.15, 0.2) is 5.82 Å². The number of anilines is 1. The molecule has 0 spiro atoms. The van der Waals surface area contributed by atoms with Crippen molar-refractivity contribution in [3.63, 3.8) is 0 Å². The minimum absolute atomic E-state index is 0.0793. The van der Waals surface area contributed by atoms with Crippen molar-refractivity contribution in [1.29, 1.82) is 0 Å². The summed E-state index contributed by atoms with van der Waals surface area (Å²) in [5.41, 5.74) is 11.8. The second-order valence-corrected chi connectivity index (χ2v) is 4.05. The maximum absolute atomic E-state index is 11.4. The van der Waals surface area contributed by atoms with Gasteiger partial charge in [0, 0.05) is 6.20 Å². The summed E-state index contributed by atoms with van der Waals surface area (Å²) in [6.07, 6.45) is 1.56. The number of carbonyl (C=O) groups is 1. The van der Waals surface area contributed by atoms with E-state index in [0.717, 1.165) is 0 Å². The Balaban J connectivity index is 2.71. The van der Waals surface area contributed by atoms with Crippen molar-refractivity contribution in [2.45, 2.75) is 6.92 Å². The lowest BCUT2D eigenvalue weighted by atomic mass is 10.1. The third kappa shape index (κ3) is 1.98. The molecule has 17 heavy (non-hydrogen) atoms. The molecular formula is C9H9BrN6O. The Kier molecular flexibility index (Phi) is 2.80. The molecule has 88 valence electrons. The van der Waals surface area contributed by atoms with Gasteiger partial charge in [0.05, 0.1) is 5.56 Å². The molecule has 7 nitrogen and oxygen atoms in total. The topological polar surface area (TPSA) is 113 Å². The van der Waals surface area contributed by atoms with Crippen molar-refractivity contribution in [3.05, 3.63) is 28.1 Å². The van der Waals surface area contributed by atoms with Gasteiger partial charge < -0.3 is 11.5 Å². The third-order valence-electron chi connectivity index (χ3n) is 2.17. The lowest BCUT2D eigenvalue weighted by Gasteiger charge is -2.08. The van der Waals surface area contributed by atoms with E-state index in [9.17, 15) is 4.79 Å². The first-order valence-corrected chi connectivity index (χ1v) is 5.44. The highest BCUT2D eigenvalue weighted by Crippen LogP contribution is 2.19. The van der Waals surface area contributed by atoms with Gasteiger partial charge in [0.2, 0.25) is 10.7 Å². The molecule has 1 amide bonds. The molecule has 0 bridgehead atoms. The summed E-state index contributed by atoms with van der Waals surface area (Å²) in [5, 5.41) is 3.93. The van der Waals surface area contributed by atoms with Crippen LogP contribution in [0.1, 0.15) is 15.9 Å². The summed E-state index contributed by atoms with van der Waals surface area (Å²) in [5.74, 6) is -0.198. The predicted molar refractivity (Wildman–Crippen MR) is 64.5 cm³/mol. The number of hydrogen-bond donors (Lipinski definition) is 2. The van der Waals surface area contributed by atoms with Crippen molar-refractivity contribution < 1.29 is 4.79 Å². The first kappa shape index (κ1) is 11.5. The number of nitrogens with zero attached hydrogens (tertiary/aromatic N) is 4. The van der Waals surface area contributed by atoms with Gasteiger partial charge in [0.25, 0.3) is 5.91 Å². The highest BCUT2D eigenvalue weighted by molar-refractivity contribution is 9.10. The number of rotatable bonds is 2. The number of primary amides is 1. The number of carbonyl (C=O) groups excluding carboxylic acids is 1. The number of aromatic nitrogens is 4. The molecule has 0 aliphatic rings. The van der Waals surface area contributed by atoms with E-state index in [-0.39, 0.29) is 11.5 Å². The second kappa shape index (κ2) is 4.13. The lowest BCUT2D eigenvalue weighted by molar-refractivity contribution is 0.0999. The van der Waals surface area contributed by atoms with Crippen molar-refractivity contribution in [3.8, 4) is 5.82 Å². The fourth-order valence-electron chi connectivity index (χ4n) is 1.45. The molecule has 0 aliphatic heterocycles. The first-order valence-electron chi connectivity index (χ1n) is 4.64. The first-order chi connectivity index (χ1) is 8.00. The molecule has 0 fully saturated rings. The van der Waals surface area contributed by atoms with E-state index in [2.05, 4.69) is 31.0 Å². The maximum Gasteiger partial charge on any atom is 0.252 e. The Morgan fingerprint density at radius 3 is 2.76 bits per heavy atom. The van der Waals surface area contributed by atoms with Gasteiger partial charge in [0.1, 0.15) is 0 Å². The van der Waals surface area contributed by atoms with Crippen LogP contribution in [0.3, 0.4) is 0 Å². The van der Waals surface area contributed by atoms with Crippen LogP contribution < -0.4 is 11.5 Å². The van der Waals surface area contributed by atoms with E-state index < -0.39 is 5.91 Å². The molecule has 4 N–H and O–H groups in total.